The van der Waals surface area contributed by atoms with Crippen molar-refractivity contribution < 1.29 is 18.7 Å². The van der Waals surface area contributed by atoms with Gasteiger partial charge in [-0.05, 0) is 44.2 Å². The molecule has 29 heavy (non-hydrogen) atoms. The fourth-order valence-corrected chi connectivity index (χ4v) is 5.75. The Kier molecular flexibility index (Phi) is 3.11. The first kappa shape index (κ1) is 16.9. The lowest BCUT2D eigenvalue weighted by molar-refractivity contribution is -0.129. The summed E-state index contributed by atoms with van der Waals surface area (Å²) in [6, 6.07) is 11.5. The summed E-state index contributed by atoms with van der Waals surface area (Å²) in [5, 5.41) is 1.75. The third kappa shape index (κ3) is 2.02. The number of carbonyl (C=O) groups excluding carboxylic acids is 2. The van der Waals surface area contributed by atoms with Crippen LogP contribution in [-0.4, -0.2) is 28.0 Å². The van der Waals surface area contributed by atoms with Crippen molar-refractivity contribution in [3.8, 4) is 11.3 Å². The molecule has 2 amide bonds. The van der Waals surface area contributed by atoms with E-state index in [0.717, 1.165) is 29.2 Å². The molecule has 6 heteroatoms. The van der Waals surface area contributed by atoms with Gasteiger partial charge in [-0.15, -0.1) is 0 Å². The molecule has 2 unspecified atom stereocenters. The van der Waals surface area contributed by atoms with E-state index in [1.54, 1.807) is 6.20 Å². The molecule has 4 heterocycles. The Hall–Kier alpha value is -2.99. The standard InChI is InChI=1S/C23H20N2O4/c1-22-9-10-23(2,29-22)19-18(22)20(26)25(21(19)27)16-8-7-15(17-11-24-12-28-17)13-5-3-4-6-14(13)16/h3-8,11-12,18-19H,9-10H2,1-2H3/t18-,19+,22?,23?. The molecule has 0 radical (unpaired) electrons. The van der Waals surface area contributed by atoms with Gasteiger partial charge in [-0.2, -0.15) is 0 Å². The zero-order valence-electron chi connectivity index (χ0n) is 16.2. The number of benzene rings is 2. The lowest BCUT2D eigenvalue weighted by atomic mass is 9.69. The lowest BCUT2D eigenvalue weighted by Crippen LogP contribution is -2.40. The number of carbonyl (C=O) groups is 2. The monoisotopic (exact) mass is 388 g/mol. The van der Waals surface area contributed by atoms with Crippen LogP contribution in [0.15, 0.2) is 53.4 Å². The Balaban J connectivity index is 1.53. The van der Waals surface area contributed by atoms with Crippen LogP contribution < -0.4 is 4.90 Å². The molecule has 2 bridgehead atoms. The molecule has 6 nitrogen and oxygen atoms in total. The molecule has 6 rings (SSSR count). The van der Waals surface area contributed by atoms with E-state index in [1.165, 1.54) is 11.3 Å². The van der Waals surface area contributed by atoms with E-state index in [-0.39, 0.29) is 11.8 Å². The molecule has 0 saturated carbocycles. The Labute approximate surface area is 167 Å². The van der Waals surface area contributed by atoms with Crippen LogP contribution in [0.3, 0.4) is 0 Å². The number of rotatable bonds is 2. The zero-order chi connectivity index (χ0) is 20.0. The van der Waals surface area contributed by atoms with E-state index >= 15 is 0 Å². The number of nitrogens with zero attached hydrogens (tertiary/aromatic N) is 2. The summed E-state index contributed by atoms with van der Waals surface area (Å²) >= 11 is 0. The quantitative estimate of drug-likeness (QED) is 0.622. The van der Waals surface area contributed by atoms with Crippen LogP contribution in [0, 0.1) is 11.8 Å². The number of oxazole rings is 1. The minimum atomic E-state index is -0.559. The van der Waals surface area contributed by atoms with Crippen LogP contribution in [0.2, 0.25) is 0 Å². The summed E-state index contributed by atoms with van der Waals surface area (Å²) in [6.07, 6.45) is 4.67. The van der Waals surface area contributed by atoms with E-state index in [4.69, 9.17) is 9.15 Å². The predicted octanol–water partition coefficient (Wildman–Crippen LogP) is 3.94. The average molecular weight is 388 g/mol. The highest BCUT2D eigenvalue weighted by molar-refractivity contribution is 6.26. The van der Waals surface area contributed by atoms with Crippen LogP contribution in [0.25, 0.3) is 22.1 Å². The van der Waals surface area contributed by atoms with Crippen LogP contribution in [0.1, 0.15) is 26.7 Å². The molecule has 1 aromatic heterocycles. The molecular weight excluding hydrogens is 368 g/mol. The van der Waals surface area contributed by atoms with Crippen molar-refractivity contribution in [1.82, 2.24) is 4.98 Å². The third-order valence-electron chi connectivity index (χ3n) is 7.05. The van der Waals surface area contributed by atoms with Crippen molar-refractivity contribution in [2.75, 3.05) is 4.90 Å². The molecule has 0 aliphatic carbocycles. The van der Waals surface area contributed by atoms with Gasteiger partial charge in [0, 0.05) is 10.9 Å². The molecule has 3 aliphatic rings. The maximum atomic E-state index is 13.5. The smallest absolute Gasteiger partial charge is 0.240 e. The van der Waals surface area contributed by atoms with Crippen LogP contribution in [0.4, 0.5) is 5.69 Å². The highest BCUT2D eigenvalue weighted by Gasteiger charge is 2.72. The number of imide groups is 1. The van der Waals surface area contributed by atoms with Crippen molar-refractivity contribution in [3.63, 3.8) is 0 Å². The van der Waals surface area contributed by atoms with Crippen molar-refractivity contribution >= 4 is 28.3 Å². The highest BCUT2D eigenvalue weighted by Crippen LogP contribution is 2.61. The Morgan fingerprint density at radius 3 is 2.24 bits per heavy atom. The Morgan fingerprint density at radius 1 is 0.966 bits per heavy atom. The van der Waals surface area contributed by atoms with Crippen LogP contribution in [-0.2, 0) is 14.3 Å². The summed E-state index contributed by atoms with van der Waals surface area (Å²) in [4.78, 5) is 32.4. The van der Waals surface area contributed by atoms with Gasteiger partial charge in [0.15, 0.2) is 12.2 Å². The number of hydrogen-bond donors (Lipinski definition) is 0. The van der Waals surface area contributed by atoms with Gasteiger partial charge in [0.25, 0.3) is 0 Å². The lowest BCUT2D eigenvalue weighted by Gasteiger charge is -2.27. The number of anilines is 1. The summed E-state index contributed by atoms with van der Waals surface area (Å²) in [7, 11) is 0. The highest BCUT2D eigenvalue weighted by atomic mass is 16.5. The fraction of sp³-hybridized carbons (Fsp3) is 0.348. The minimum Gasteiger partial charge on any atom is -0.443 e. The Bertz CT molecular complexity index is 1150. The van der Waals surface area contributed by atoms with Gasteiger partial charge >= 0.3 is 0 Å². The molecule has 146 valence electrons. The van der Waals surface area contributed by atoms with E-state index < -0.39 is 23.0 Å². The first-order chi connectivity index (χ1) is 13.9. The van der Waals surface area contributed by atoms with Gasteiger partial charge in [0.1, 0.15) is 0 Å². The van der Waals surface area contributed by atoms with Gasteiger partial charge in [-0.25, -0.2) is 9.88 Å². The average Bonchev–Trinajstić information content (AvgIpc) is 3.44. The largest absolute Gasteiger partial charge is 0.443 e. The SMILES string of the molecule is CC12CCC(C)(O1)[C@H]1C(=O)N(c3ccc(-c4cnco4)c4ccccc34)C(=O)[C@H]12. The van der Waals surface area contributed by atoms with E-state index in [9.17, 15) is 9.59 Å². The van der Waals surface area contributed by atoms with Crippen molar-refractivity contribution in [2.45, 2.75) is 37.9 Å². The second-order valence-corrected chi connectivity index (χ2v) is 8.74. The predicted molar refractivity (Wildman–Crippen MR) is 106 cm³/mol. The second-order valence-electron chi connectivity index (χ2n) is 8.74. The van der Waals surface area contributed by atoms with Crippen LogP contribution >= 0.6 is 0 Å². The minimum absolute atomic E-state index is 0.150. The number of hydrogen-bond acceptors (Lipinski definition) is 5. The number of fused-ring (bicyclic) bond motifs is 6. The fourth-order valence-electron chi connectivity index (χ4n) is 5.75. The van der Waals surface area contributed by atoms with E-state index in [2.05, 4.69) is 4.98 Å². The summed E-state index contributed by atoms with van der Waals surface area (Å²) in [5.41, 5.74) is 0.385. The van der Waals surface area contributed by atoms with Gasteiger partial charge in [0.2, 0.25) is 11.8 Å². The topological polar surface area (TPSA) is 72.6 Å². The third-order valence-corrected chi connectivity index (χ3v) is 7.05. The molecule has 4 atom stereocenters. The van der Waals surface area contributed by atoms with Crippen molar-refractivity contribution in [1.29, 1.82) is 0 Å². The van der Waals surface area contributed by atoms with Gasteiger partial charge in [-0.3, -0.25) is 9.59 Å². The summed E-state index contributed by atoms with van der Waals surface area (Å²) in [6.45, 7) is 3.95. The summed E-state index contributed by atoms with van der Waals surface area (Å²) < 4.78 is 11.7. The first-order valence-corrected chi connectivity index (χ1v) is 9.92. The van der Waals surface area contributed by atoms with Gasteiger partial charge in [0.05, 0.1) is 34.9 Å². The van der Waals surface area contributed by atoms with Crippen LogP contribution in [0.5, 0.6) is 0 Å². The molecule has 0 spiro atoms. The second kappa shape index (κ2) is 5.33. The zero-order valence-corrected chi connectivity index (χ0v) is 16.2. The van der Waals surface area contributed by atoms with Crippen molar-refractivity contribution in [2.24, 2.45) is 11.8 Å². The van der Waals surface area contributed by atoms with E-state index in [0.29, 0.717) is 11.4 Å². The number of ether oxygens (including phenoxy) is 1. The Morgan fingerprint density at radius 2 is 1.62 bits per heavy atom. The molecule has 2 aromatic carbocycles. The first-order valence-electron chi connectivity index (χ1n) is 9.92. The molecule has 3 saturated heterocycles. The molecule has 0 N–H and O–H groups in total. The molecule has 3 fully saturated rings. The number of amides is 2. The van der Waals surface area contributed by atoms with Gasteiger partial charge in [-0.1, -0.05) is 24.3 Å². The van der Waals surface area contributed by atoms with Gasteiger partial charge < -0.3 is 9.15 Å². The molecular formula is C23H20N2O4. The van der Waals surface area contributed by atoms with E-state index in [1.807, 2.05) is 50.2 Å². The normalized spacial score (nSPS) is 33.1. The maximum Gasteiger partial charge on any atom is 0.240 e. The number of aromatic nitrogens is 1. The molecule has 3 aliphatic heterocycles. The summed E-state index contributed by atoms with van der Waals surface area (Å²) in [5.74, 6) is -0.481. The maximum absolute atomic E-state index is 13.5. The molecule has 3 aromatic rings. The van der Waals surface area contributed by atoms with Crippen molar-refractivity contribution in [3.05, 3.63) is 49.0 Å².